The van der Waals surface area contributed by atoms with Crippen molar-refractivity contribution in [3.8, 4) is 11.5 Å². The molecule has 0 spiro atoms. The molecule has 1 nitrogen and oxygen atoms in total. The van der Waals surface area contributed by atoms with Gasteiger partial charge in [0.25, 0.3) is 0 Å². The van der Waals surface area contributed by atoms with E-state index in [1.807, 2.05) is 12.1 Å². The van der Waals surface area contributed by atoms with Crippen molar-refractivity contribution in [1.29, 1.82) is 0 Å². The fourth-order valence-corrected chi connectivity index (χ4v) is 8.42. The van der Waals surface area contributed by atoms with Gasteiger partial charge >= 0.3 is 0 Å². The predicted molar refractivity (Wildman–Crippen MR) is 190 cm³/mol. The lowest BCUT2D eigenvalue weighted by atomic mass is 9.77. The summed E-state index contributed by atoms with van der Waals surface area (Å²) < 4.78 is 63.0. The van der Waals surface area contributed by atoms with E-state index in [2.05, 4.69) is 38.1 Å². The molecule has 0 heterocycles. The van der Waals surface area contributed by atoms with Crippen LogP contribution in [0.5, 0.6) is 11.5 Å². The van der Waals surface area contributed by atoms with E-state index < -0.39 is 23.3 Å². The van der Waals surface area contributed by atoms with E-state index in [-0.39, 0.29) is 0 Å². The van der Waals surface area contributed by atoms with E-state index >= 15 is 0 Å². The monoisotopic (exact) mass is 670 g/mol. The Hall–Kier alpha value is -3.60. The molecule has 0 bridgehead atoms. The molecular formula is C44H50F4O. The summed E-state index contributed by atoms with van der Waals surface area (Å²) in [7, 11) is 0. The van der Waals surface area contributed by atoms with Crippen LogP contribution in [0.15, 0.2) is 72.8 Å². The lowest BCUT2D eigenvalue weighted by Crippen LogP contribution is -2.14. The third-order valence-corrected chi connectivity index (χ3v) is 11.2. The molecule has 260 valence electrons. The van der Waals surface area contributed by atoms with Crippen LogP contribution in [0.25, 0.3) is 0 Å². The molecule has 0 saturated heterocycles. The third kappa shape index (κ3) is 8.96. The van der Waals surface area contributed by atoms with Gasteiger partial charge in [-0.05, 0) is 145 Å². The van der Waals surface area contributed by atoms with Crippen molar-refractivity contribution in [2.45, 2.75) is 116 Å². The smallest absolute Gasteiger partial charge is 0.159 e. The van der Waals surface area contributed by atoms with Crippen LogP contribution in [0.2, 0.25) is 0 Å². The van der Waals surface area contributed by atoms with Crippen molar-refractivity contribution < 1.29 is 22.3 Å². The number of hydrogen-bond donors (Lipinski definition) is 0. The standard InChI is InChI=1S/C44H50F4O/c1-3-5-29-7-13-33(14-8-29)35-17-21-43(37(27-35)23-31-11-19-39(45)41(47)25-31)49-44-22-18-36(34-15-9-30(6-4-2)10-16-34)28-38(44)24-32-12-20-40(46)42(48)26-32/h11-12,17-22,25-30,33-34H,3-10,13-16,23-24H2,1-2H3. The first-order valence-corrected chi connectivity index (χ1v) is 18.6. The van der Waals surface area contributed by atoms with Gasteiger partial charge in [0, 0.05) is 12.8 Å². The highest BCUT2D eigenvalue weighted by Gasteiger charge is 2.25. The average molecular weight is 671 g/mol. The first kappa shape index (κ1) is 35.2. The van der Waals surface area contributed by atoms with Gasteiger partial charge in [-0.25, -0.2) is 17.6 Å². The fourth-order valence-electron chi connectivity index (χ4n) is 8.42. The number of rotatable bonds is 12. The second kappa shape index (κ2) is 16.4. The van der Waals surface area contributed by atoms with Gasteiger partial charge in [0.15, 0.2) is 23.3 Å². The minimum absolute atomic E-state index is 0.392. The Morgan fingerprint density at radius 3 is 1.27 bits per heavy atom. The van der Waals surface area contributed by atoms with Crippen molar-refractivity contribution in [2.24, 2.45) is 11.8 Å². The SMILES string of the molecule is CCCC1CCC(c2ccc(Oc3ccc(C4CCC(CCC)CC4)cc3Cc3ccc(F)c(F)c3)c(Cc3ccc(F)c(F)c3)c2)CC1. The Morgan fingerprint density at radius 2 is 0.898 bits per heavy atom. The molecule has 0 unspecified atom stereocenters. The minimum atomic E-state index is -0.862. The normalized spacial score (nSPS) is 21.1. The molecule has 4 aromatic rings. The first-order chi connectivity index (χ1) is 23.8. The molecule has 2 saturated carbocycles. The quantitative estimate of drug-likeness (QED) is 0.136. The van der Waals surface area contributed by atoms with Crippen LogP contribution in [-0.2, 0) is 12.8 Å². The number of ether oxygens (including phenoxy) is 1. The molecule has 2 fully saturated rings. The molecule has 0 N–H and O–H groups in total. The Balaban J connectivity index is 1.32. The largest absolute Gasteiger partial charge is 0.457 e. The molecule has 2 aliphatic rings. The van der Waals surface area contributed by atoms with Crippen molar-refractivity contribution >= 4 is 0 Å². The summed E-state index contributed by atoms with van der Waals surface area (Å²) in [4.78, 5) is 0. The summed E-state index contributed by atoms with van der Waals surface area (Å²) in [5.41, 5.74) is 5.69. The molecular weight excluding hydrogens is 620 g/mol. The Morgan fingerprint density at radius 1 is 0.490 bits per heavy atom. The minimum Gasteiger partial charge on any atom is -0.457 e. The zero-order valence-electron chi connectivity index (χ0n) is 29.1. The maximum atomic E-state index is 14.3. The summed E-state index contributed by atoms with van der Waals surface area (Å²) >= 11 is 0. The zero-order valence-corrected chi connectivity index (χ0v) is 29.1. The lowest BCUT2D eigenvalue weighted by molar-refractivity contribution is 0.308. The lowest BCUT2D eigenvalue weighted by Gasteiger charge is -2.29. The van der Waals surface area contributed by atoms with Crippen molar-refractivity contribution in [3.63, 3.8) is 0 Å². The summed E-state index contributed by atoms with van der Waals surface area (Å²) in [6.45, 7) is 4.51. The van der Waals surface area contributed by atoms with Crippen LogP contribution >= 0.6 is 0 Å². The highest BCUT2D eigenvalue weighted by Crippen LogP contribution is 2.42. The van der Waals surface area contributed by atoms with E-state index in [0.717, 1.165) is 48.6 Å². The van der Waals surface area contributed by atoms with Crippen LogP contribution in [0.4, 0.5) is 17.6 Å². The summed E-state index contributed by atoms with van der Waals surface area (Å²) in [6.07, 6.45) is 15.3. The summed E-state index contributed by atoms with van der Waals surface area (Å²) in [6, 6.07) is 20.9. The molecule has 6 rings (SSSR count). The topological polar surface area (TPSA) is 9.23 Å². The molecule has 0 aliphatic heterocycles. The maximum absolute atomic E-state index is 14.3. The molecule has 49 heavy (non-hydrogen) atoms. The Labute approximate surface area is 290 Å². The van der Waals surface area contributed by atoms with Crippen LogP contribution in [-0.4, -0.2) is 0 Å². The van der Waals surface area contributed by atoms with E-state index in [9.17, 15) is 17.6 Å². The molecule has 0 aromatic heterocycles. The Kier molecular flexibility index (Phi) is 11.8. The summed E-state index contributed by atoms with van der Waals surface area (Å²) in [5.74, 6) is 0.387. The highest BCUT2D eigenvalue weighted by atomic mass is 19.2. The first-order valence-electron chi connectivity index (χ1n) is 18.6. The second-order valence-electron chi connectivity index (χ2n) is 14.7. The van der Waals surface area contributed by atoms with Crippen molar-refractivity contribution in [3.05, 3.63) is 129 Å². The van der Waals surface area contributed by atoms with Gasteiger partial charge in [-0.15, -0.1) is 0 Å². The third-order valence-electron chi connectivity index (χ3n) is 11.2. The number of halogens is 4. The molecule has 0 atom stereocenters. The van der Waals surface area contributed by atoms with Crippen LogP contribution in [0.3, 0.4) is 0 Å². The highest BCUT2D eigenvalue weighted by molar-refractivity contribution is 5.48. The van der Waals surface area contributed by atoms with Crippen LogP contribution in [0.1, 0.15) is 136 Å². The van der Waals surface area contributed by atoms with E-state index in [4.69, 9.17) is 4.74 Å². The van der Waals surface area contributed by atoms with E-state index in [1.54, 1.807) is 12.1 Å². The molecule has 0 radical (unpaired) electrons. The Bertz CT molecular complexity index is 1570. The molecule has 4 aromatic carbocycles. The van der Waals surface area contributed by atoms with Gasteiger partial charge in [-0.3, -0.25) is 0 Å². The molecule has 2 aliphatic carbocycles. The predicted octanol–water partition coefficient (Wildman–Crippen LogP) is 13.4. The van der Waals surface area contributed by atoms with Crippen molar-refractivity contribution in [2.75, 3.05) is 0 Å². The van der Waals surface area contributed by atoms with Crippen molar-refractivity contribution in [1.82, 2.24) is 0 Å². The van der Waals surface area contributed by atoms with Gasteiger partial charge in [-0.2, -0.15) is 0 Å². The van der Waals surface area contributed by atoms with Crippen LogP contribution in [0, 0.1) is 35.1 Å². The number of hydrogen-bond acceptors (Lipinski definition) is 1. The van der Waals surface area contributed by atoms with E-state index in [0.29, 0.717) is 47.3 Å². The van der Waals surface area contributed by atoms with Gasteiger partial charge in [0.2, 0.25) is 0 Å². The van der Waals surface area contributed by atoms with Gasteiger partial charge in [0.1, 0.15) is 11.5 Å². The number of benzene rings is 4. The maximum Gasteiger partial charge on any atom is 0.159 e. The second-order valence-corrected chi connectivity index (χ2v) is 14.7. The van der Waals surface area contributed by atoms with Crippen LogP contribution < -0.4 is 4.74 Å². The molecule has 0 amide bonds. The summed E-state index contributed by atoms with van der Waals surface area (Å²) in [5, 5.41) is 0. The zero-order chi connectivity index (χ0) is 34.3. The fraction of sp³-hybridized carbons (Fsp3) is 0.455. The average Bonchev–Trinajstić information content (AvgIpc) is 3.10. The van der Waals surface area contributed by atoms with Gasteiger partial charge < -0.3 is 4.74 Å². The van der Waals surface area contributed by atoms with Gasteiger partial charge in [-0.1, -0.05) is 75.9 Å². The van der Waals surface area contributed by atoms with E-state index in [1.165, 1.54) is 86.8 Å². The molecule has 5 heteroatoms. The van der Waals surface area contributed by atoms with Gasteiger partial charge in [0.05, 0.1) is 0 Å².